The Kier molecular flexibility index (Phi) is 4.46. The van der Waals surface area contributed by atoms with Crippen LogP contribution in [0.4, 0.5) is 0 Å². The van der Waals surface area contributed by atoms with Crippen LogP contribution in [0.5, 0.6) is 0 Å². The highest BCUT2D eigenvalue weighted by molar-refractivity contribution is 5.01. The molecule has 4 bridgehead atoms. The normalized spacial score (nSPS) is 42.7. The van der Waals surface area contributed by atoms with Crippen LogP contribution in [0, 0.1) is 23.2 Å². The minimum Gasteiger partial charge on any atom is -0.385 e. The first-order valence-electron chi connectivity index (χ1n) is 9.38. The molecule has 4 aliphatic carbocycles. The second-order valence-corrected chi connectivity index (χ2v) is 8.65. The Balaban J connectivity index is 1.21. The maximum Gasteiger partial charge on any atom is 0.126 e. The van der Waals surface area contributed by atoms with Gasteiger partial charge in [-0.05, 0) is 61.7 Å². The van der Waals surface area contributed by atoms with Gasteiger partial charge in [-0.25, -0.2) is 0 Å². The molecule has 4 saturated carbocycles. The summed E-state index contributed by atoms with van der Waals surface area (Å²) in [7, 11) is 0. The largest absolute Gasteiger partial charge is 0.385 e. The molecule has 0 spiro atoms. The molecular weight excluding hydrogens is 278 g/mol. The average molecular weight is 310 g/mol. The zero-order valence-electron chi connectivity index (χ0n) is 13.8. The van der Waals surface area contributed by atoms with Crippen LogP contribution in [-0.2, 0) is 9.47 Å². The topological polar surface area (TPSA) is 43.1 Å². The number of quaternary nitrogens is 1. The number of aliphatic hydroxyl groups excluding tert-OH is 1. The van der Waals surface area contributed by atoms with Crippen molar-refractivity contribution in [2.24, 2.45) is 23.2 Å². The van der Waals surface area contributed by atoms with Gasteiger partial charge in [0.1, 0.15) is 25.7 Å². The third-order valence-corrected chi connectivity index (χ3v) is 6.61. The summed E-state index contributed by atoms with van der Waals surface area (Å²) in [4.78, 5) is 1.46. The van der Waals surface area contributed by atoms with Gasteiger partial charge in [-0.2, -0.15) is 0 Å². The van der Waals surface area contributed by atoms with Crippen LogP contribution in [0.25, 0.3) is 0 Å². The zero-order chi connectivity index (χ0) is 15.0. The van der Waals surface area contributed by atoms with Crippen molar-refractivity contribution in [3.05, 3.63) is 0 Å². The van der Waals surface area contributed by atoms with Crippen LogP contribution in [0.2, 0.25) is 0 Å². The standard InChI is InChI=1S/C18H31NO3/c20-17(11-19-1-3-21-4-2-19)12-22-13-18-8-14-5-15(9-18)7-16(6-14)10-18/h14-17,20H,1-13H2/p+1. The van der Waals surface area contributed by atoms with Crippen LogP contribution in [0.3, 0.4) is 0 Å². The summed E-state index contributed by atoms with van der Waals surface area (Å²) in [5, 5.41) is 10.2. The number of aliphatic hydroxyl groups is 1. The van der Waals surface area contributed by atoms with E-state index in [0.717, 1.165) is 57.2 Å². The predicted molar refractivity (Wildman–Crippen MR) is 83.8 cm³/mol. The lowest BCUT2D eigenvalue weighted by atomic mass is 9.50. The molecule has 1 aliphatic heterocycles. The lowest BCUT2D eigenvalue weighted by molar-refractivity contribution is -0.911. The third-order valence-electron chi connectivity index (χ3n) is 6.61. The molecule has 0 aromatic rings. The van der Waals surface area contributed by atoms with Crippen molar-refractivity contribution >= 4 is 0 Å². The molecule has 5 aliphatic rings. The minimum absolute atomic E-state index is 0.318. The van der Waals surface area contributed by atoms with Crippen molar-refractivity contribution < 1.29 is 19.5 Å². The van der Waals surface area contributed by atoms with E-state index < -0.39 is 0 Å². The highest BCUT2D eigenvalue weighted by Gasteiger charge is 2.50. The van der Waals surface area contributed by atoms with Crippen LogP contribution >= 0.6 is 0 Å². The molecule has 0 amide bonds. The summed E-state index contributed by atoms with van der Waals surface area (Å²) in [6, 6.07) is 0. The van der Waals surface area contributed by atoms with E-state index in [4.69, 9.17) is 9.47 Å². The van der Waals surface area contributed by atoms with Gasteiger partial charge in [-0.15, -0.1) is 0 Å². The van der Waals surface area contributed by atoms with E-state index in [1.807, 2.05) is 0 Å². The summed E-state index contributed by atoms with van der Waals surface area (Å²) in [6.45, 7) is 5.92. The molecule has 126 valence electrons. The van der Waals surface area contributed by atoms with Gasteiger partial charge in [0.25, 0.3) is 0 Å². The second-order valence-electron chi connectivity index (χ2n) is 8.65. The lowest BCUT2D eigenvalue weighted by Gasteiger charge is -2.56. The molecule has 0 radical (unpaired) electrons. The first-order valence-corrected chi connectivity index (χ1v) is 9.38. The van der Waals surface area contributed by atoms with Crippen LogP contribution in [-0.4, -0.2) is 57.3 Å². The summed E-state index contributed by atoms with van der Waals surface area (Å²) in [6.07, 6.45) is 8.33. The molecule has 22 heavy (non-hydrogen) atoms. The monoisotopic (exact) mass is 310 g/mol. The first-order chi connectivity index (χ1) is 10.7. The molecule has 4 nitrogen and oxygen atoms in total. The maximum absolute atomic E-state index is 10.2. The van der Waals surface area contributed by atoms with Gasteiger partial charge in [0.15, 0.2) is 0 Å². The van der Waals surface area contributed by atoms with Gasteiger partial charge in [0.2, 0.25) is 0 Å². The fourth-order valence-electron chi connectivity index (χ4n) is 6.13. The summed E-state index contributed by atoms with van der Waals surface area (Å²) in [5.74, 6) is 2.95. The highest BCUT2D eigenvalue weighted by Crippen LogP contribution is 2.59. The van der Waals surface area contributed by atoms with E-state index in [9.17, 15) is 5.11 Å². The molecular formula is C18H32NO3+. The Morgan fingerprint density at radius 3 is 2.23 bits per heavy atom. The Morgan fingerprint density at radius 2 is 1.64 bits per heavy atom. The number of rotatable bonds is 6. The lowest BCUT2D eigenvalue weighted by Crippen LogP contribution is -3.15. The molecule has 2 N–H and O–H groups in total. The van der Waals surface area contributed by atoms with Gasteiger partial charge in [-0.1, -0.05) is 0 Å². The SMILES string of the molecule is OC(COCC12CC3CC(CC(C3)C1)C2)C[NH+]1CCOCC1. The molecule has 5 fully saturated rings. The van der Waals surface area contributed by atoms with Crippen molar-refractivity contribution in [3.8, 4) is 0 Å². The fourth-order valence-corrected chi connectivity index (χ4v) is 6.13. The van der Waals surface area contributed by atoms with E-state index >= 15 is 0 Å². The Morgan fingerprint density at radius 1 is 1.05 bits per heavy atom. The highest BCUT2D eigenvalue weighted by atomic mass is 16.5. The van der Waals surface area contributed by atoms with Gasteiger partial charge < -0.3 is 19.5 Å². The quantitative estimate of drug-likeness (QED) is 0.751. The van der Waals surface area contributed by atoms with Gasteiger partial charge in [0.05, 0.1) is 26.4 Å². The van der Waals surface area contributed by atoms with Crippen LogP contribution < -0.4 is 4.90 Å². The molecule has 0 aromatic carbocycles. The molecule has 1 saturated heterocycles. The number of morpholine rings is 1. The number of ether oxygens (including phenoxy) is 2. The van der Waals surface area contributed by atoms with Crippen LogP contribution in [0.15, 0.2) is 0 Å². The van der Waals surface area contributed by atoms with E-state index in [1.165, 1.54) is 43.4 Å². The number of hydrogen-bond donors (Lipinski definition) is 2. The van der Waals surface area contributed by atoms with Crippen molar-refractivity contribution in [1.82, 2.24) is 0 Å². The Labute approximate surface area is 134 Å². The summed E-state index contributed by atoms with van der Waals surface area (Å²) in [5.41, 5.74) is 0.473. The van der Waals surface area contributed by atoms with Crippen molar-refractivity contribution in [2.75, 3.05) is 46.1 Å². The van der Waals surface area contributed by atoms with E-state index in [-0.39, 0.29) is 6.10 Å². The van der Waals surface area contributed by atoms with Gasteiger partial charge in [0, 0.05) is 0 Å². The van der Waals surface area contributed by atoms with Gasteiger partial charge >= 0.3 is 0 Å². The Hall–Kier alpha value is -0.160. The van der Waals surface area contributed by atoms with E-state index in [1.54, 1.807) is 0 Å². The summed E-state index contributed by atoms with van der Waals surface area (Å²) >= 11 is 0. The average Bonchev–Trinajstić information content (AvgIpc) is 2.46. The molecule has 4 heteroatoms. The van der Waals surface area contributed by atoms with Crippen LogP contribution in [0.1, 0.15) is 38.5 Å². The van der Waals surface area contributed by atoms with E-state index in [2.05, 4.69) is 0 Å². The molecule has 5 rings (SSSR count). The van der Waals surface area contributed by atoms with Gasteiger partial charge in [-0.3, -0.25) is 0 Å². The van der Waals surface area contributed by atoms with Crippen molar-refractivity contribution in [2.45, 2.75) is 44.6 Å². The minimum atomic E-state index is -0.318. The number of hydrogen-bond acceptors (Lipinski definition) is 3. The predicted octanol–water partition coefficient (Wildman–Crippen LogP) is 0.495. The first kappa shape index (κ1) is 15.4. The molecule has 1 atom stereocenters. The maximum atomic E-state index is 10.2. The van der Waals surface area contributed by atoms with E-state index in [0.29, 0.717) is 12.0 Å². The third kappa shape index (κ3) is 3.35. The summed E-state index contributed by atoms with van der Waals surface area (Å²) < 4.78 is 11.4. The molecule has 0 aromatic heterocycles. The smallest absolute Gasteiger partial charge is 0.126 e. The molecule has 1 heterocycles. The fraction of sp³-hybridized carbons (Fsp3) is 1.00. The number of nitrogens with one attached hydrogen (secondary N) is 1. The van der Waals surface area contributed by atoms with Crippen molar-refractivity contribution in [1.29, 1.82) is 0 Å². The Bertz CT molecular complexity index is 345. The molecule has 1 unspecified atom stereocenters. The second kappa shape index (κ2) is 6.39. The van der Waals surface area contributed by atoms with Crippen molar-refractivity contribution in [3.63, 3.8) is 0 Å². The zero-order valence-corrected chi connectivity index (χ0v) is 13.8.